The Morgan fingerprint density at radius 1 is 1.19 bits per heavy atom. The molecule has 3 N–H and O–H groups in total. The molecule has 7 rings (SSSR count). The summed E-state index contributed by atoms with van der Waals surface area (Å²) in [5.74, 6) is 1.49. The summed E-state index contributed by atoms with van der Waals surface area (Å²) in [4.78, 5) is 37.7. The number of ether oxygens (including phenoxy) is 2. The van der Waals surface area contributed by atoms with Gasteiger partial charge in [-0.05, 0) is 63.3 Å². The van der Waals surface area contributed by atoms with Gasteiger partial charge >= 0.3 is 12.1 Å². The zero-order valence-electron chi connectivity index (χ0n) is 23.8. The molecule has 0 bridgehead atoms. The standard InChI is InChI=1S/C30H31FN8O3/c1-30(2,3)42-29(40)38(4)23-9-17(31)8-19-24-26(35-25(19)23)36-28(37-27(24)39-12-16-7-21(32)20(16)13-39)41-18-6-5-15-11-33-14-34-22(15)10-18/h5-6,8-11,14,16,20-21H,7,12-13,32H2,1-4H3,(H,35,36,37). The summed E-state index contributed by atoms with van der Waals surface area (Å²) < 4.78 is 26.9. The number of halogens is 1. The van der Waals surface area contributed by atoms with E-state index in [4.69, 9.17) is 25.2 Å². The highest BCUT2D eigenvalue weighted by Gasteiger charge is 2.46. The molecule has 216 valence electrons. The van der Waals surface area contributed by atoms with Crippen molar-refractivity contribution in [3.8, 4) is 11.8 Å². The summed E-state index contributed by atoms with van der Waals surface area (Å²) >= 11 is 0. The zero-order valence-corrected chi connectivity index (χ0v) is 23.8. The fourth-order valence-corrected chi connectivity index (χ4v) is 6.03. The first-order valence-corrected chi connectivity index (χ1v) is 13.9. The number of rotatable bonds is 4. The van der Waals surface area contributed by atoms with Crippen molar-refractivity contribution in [3.05, 3.63) is 48.7 Å². The number of carbonyl (C=O) groups excluding carboxylic acids is 1. The number of carbonyl (C=O) groups is 1. The quantitative estimate of drug-likeness (QED) is 0.301. The van der Waals surface area contributed by atoms with Gasteiger partial charge in [-0.2, -0.15) is 9.97 Å². The van der Waals surface area contributed by atoms with E-state index < -0.39 is 17.5 Å². The number of anilines is 2. The number of H-pyrrole nitrogens is 1. The lowest BCUT2D eigenvalue weighted by Crippen LogP contribution is -2.46. The first-order valence-electron chi connectivity index (χ1n) is 13.9. The topological polar surface area (TPSA) is 135 Å². The number of aromatic nitrogens is 5. The smallest absolute Gasteiger partial charge is 0.414 e. The number of amides is 1. The van der Waals surface area contributed by atoms with Gasteiger partial charge in [0, 0.05) is 49.2 Å². The van der Waals surface area contributed by atoms with Crippen molar-refractivity contribution >= 4 is 50.4 Å². The van der Waals surface area contributed by atoms with Gasteiger partial charge in [0.25, 0.3) is 0 Å². The third-order valence-corrected chi connectivity index (χ3v) is 8.10. The van der Waals surface area contributed by atoms with Gasteiger partial charge in [-0.15, -0.1) is 0 Å². The van der Waals surface area contributed by atoms with E-state index in [1.807, 2.05) is 12.1 Å². The lowest BCUT2D eigenvalue weighted by Gasteiger charge is -2.36. The Bertz CT molecular complexity index is 1870. The van der Waals surface area contributed by atoms with Crippen LogP contribution in [0.15, 0.2) is 42.9 Å². The van der Waals surface area contributed by atoms with Crippen LogP contribution in [0.2, 0.25) is 0 Å². The molecule has 1 aliphatic carbocycles. The highest BCUT2D eigenvalue weighted by Crippen LogP contribution is 2.45. The number of nitrogens with zero attached hydrogens (tertiary/aromatic N) is 6. The van der Waals surface area contributed by atoms with Crippen LogP contribution < -0.4 is 20.3 Å². The maximum Gasteiger partial charge on any atom is 0.414 e. The predicted octanol–water partition coefficient (Wildman–Crippen LogP) is 5.14. The highest BCUT2D eigenvalue weighted by molar-refractivity contribution is 6.16. The van der Waals surface area contributed by atoms with Gasteiger partial charge in [-0.25, -0.2) is 19.2 Å². The van der Waals surface area contributed by atoms with Gasteiger partial charge in [0.2, 0.25) is 0 Å². The van der Waals surface area contributed by atoms with Crippen molar-refractivity contribution in [1.82, 2.24) is 24.9 Å². The Kier molecular flexibility index (Phi) is 5.94. The Labute approximate surface area is 240 Å². The van der Waals surface area contributed by atoms with Crippen molar-refractivity contribution in [2.24, 2.45) is 17.6 Å². The van der Waals surface area contributed by atoms with Crippen molar-refractivity contribution < 1.29 is 18.7 Å². The van der Waals surface area contributed by atoms with Crippen LogP contribution in [0.1, 0.15) is 27.2 Å². The van der Waals surface area contributed by atoms with Gasteiger partial charge in [0.1, 0.15) is 35.0 Å². The summed E-state index contributed by atoms with van der Waals surface area (Å²) in [5.41, 5.74) is 7.64. The molecule has 11 nitrogen and oxygen atoms in total. The fraction of sp³-hybridized carbons (Fsp3) is 0.367. The number of hydrogen-bond acceptors (Lipinski definition) is 9. The molecule has 1 saturated heterocycles. The Morgan fingerprint density at radius 2 is 2.02 bits per heavy atom. The monoisotopic (exact) mass is 570 g/mol. The summed E-state index contributed by atoms with van der Waals surface area (Å²) in [6.45, 7) is 6.86. The molecule has 0 spiro atoms. The second-order valence-corrected chi connectivity index (χ2v) is 12.1. The molecule has 1 aliphatic heterocycles. The minimum absolute atomic E-state index is 0.128. The summed E-state index contributed by atoms with van der Waals surface area (Å²) in [7, 11) is 1.55. The molecule has 2 aliphatic rings. The minimum Gasteiger partial charge on any atom is -0.443 e. The second-order valence-electron chi connectivity index (χ2n) is 12.1. The number of nitrogens with one attached hydrogen (secondary N) is 1. The van der Waals surface area contributed by atoms with Gasteiger partial charge in [-0.1, -0.05) is 0 Å². The zero-order chi connectivity index (χ0) is 29.3. The maximum absolute atomic E-state index is 15.2. The Morgan fingerprint density at radius 3 is 2.79 bits per heavy atom. The molecular weight excluding hydrogens is 539 g/mol. The second kappa shape index (κ2) is 9.48. The minimum atomic E-state index is -0.714. The van der Waals surface area contributed by atoms with E-state index >= 15 is 4.39 Å². The number of hydrogen-bond donors (Lipinski definition) is 2. The molecule has 5 aromatic rings. The van der Waals surface area contributed by atoms with E-state index in [-0.39, 0.29) is 12.1 Å². The van der Waals surface area contributed by atoms with Crippen molar-refractivity contribution in [1.29, 1.82) is 0 Å². The molecule has 3 aromatic heterocycles. The van der Waals surface area contributed by atoms with Crippen LogP contribution in [-0.4, -0.2) is 62.8 Å². The largest absolute Gasteiger partial charge is 0.443 e. The predicted molar refractivity (Wildman–Crippen MR) is 157 cm³/mol. The average Bonchev–Trinajstić information content (AvgIpc) is 3.48. The first kappa shape index (κ1) is 26.3. The number of fused-ring (bicyclic) bond motifs is 5. The average molecular weight is 571 g/mol. The van der Waals surface area contributed by atoms with Gasteiger partial charge in [0.15, 0.2) is 0 Å². The van der Waals surface area contributed by atoms with E-state index in [1.54, 1.807) is 40.1 Å². The van der Waals surface area contributed by atoms with Crippen LogP contribution >= 0.6 is 0 Å². The number of benzene rings is 2. The molecule has 2 aromatic carbocycles. The molecule has 3 atom stereocenters. The molecule has 2 fully saturated rings. The van der Waals surface area contributed by atoms with Crippen molar-refractivity contribution in [2.45, 2.75) is 38.8 Å². The maximum atomic E-state index is 15.2. The van der Waals surface area contributed by atoms with Crippen molar-refractivity contribution in [2.75, 3.05) is 29.9 Å². The molecule has 4 heterocycles. The summed E-state index contributed by atoms with van der Waals surface area (Å²) in [6, 6.07) is 8.50. The first-order chi connectivity index (χ1) is 20.0. The third kappa shape index (κ3) is 4.51. The Hall–Kier alpha value is -4.58. The Balaban J connectivity index is 1.37. The normalized spacial score (nSPS) is 20.1. The molecular formula is C30H31FN8O3. The van der Waals surface area contributed by atoms with Crippen LogP contribution in [0.25, 0.3) is 32.8 Å². The lowest BCUT2D eigenvalue weighted by molar-refractivity contribution is 0.0589. The van der Waals surface area contributed by atoms with Crippen LogP contribution in [0.4, 0.5) is 20.7 Å². The molecule has 12 heteroatoms. The van der Waals surface area contributed by atoms with Crippen LogP contribution in [0.5, 0.6) is 11.8 Å². The number of aromatic amines is 1. The van der Waals surface area contributed by atoms with E-state index in [0.717, 1.165) is 30.4 Å². The molecule has 42 heavy (non-hydrogen) atoms. The SMILES string of the molecule is CN(C(=O)OC(C)(C)C)c1cc(F)cc2c1[nH]c1nc(Oc3ccc4cncnc4c3)nc(N3CC4CC(N)C4C3)c12. The van der Waals surface area contributed by atoms with Crippen LogP contribution in [0, 0.1) is 17.7 Å². The fourth-order valence-electron chi connectivity index (χ4n) is 6.03. The van der Waals surface area contributed by atoms with Gasteiger partial charge in [0.05, 0.1) is 22.1 Å². The molecule has 1 saturated carbocycles. The summed E-state index contributed by atoms with van der Waals surface area (Å²) in [5, 5.41) is 2.09. The number of nitrogens with two attached hydrogens (primary N) is 1. The van der Waals surface area contributed by atoms with Crippen LogP contribution in [-0.2, 0) is 4.74 Å². The van der Waals surface area contributed by atoms with Crippen LogP contribution in [0.3, 0.4) is 0 Å². The lowest BCUT2D eigenvalue weighted by atomic mass is 9.72. The molecule has 1 amide bonds. The summed E-state index contributed by atoms with van der Waals surface area (Å²) in [6.07, 6.45) is 3.57. The van der Waals surface area contributed by atoms with E-state index in [2.05, 4.69) is 19.9 Å². The highest BCUT2D eigenvalue weighted by atomic mass is 19.1. The molecule has 3 unspecified atom stereocenters. The third-order valence-electron chi connectivity index (χ3n) is 8.10. The molecule has 0 radical (unpaired) electrons. The van der Waals surface area contributed by atoms with E-state index in [9.17, 15) is 4.79 Å². The van der Waals surface area contributed by atoms with Gasteiger partial charge in [-0.3, -0.25) is 4.90 Å². The van der Waals surface area contributed by atoms with E-state index in [0.29, 0.717) is 51.0 Å². The van der Waals surface area contributed by atoms with Crippen molar-refractivity contribution in [3.63, 3.8) is 0 Å². The van der Waals surface area contributed by atoms with Gasteiger partial charge < -0.3 is 25.1 Å². The van der Waals surface area contributed by atoms with E-state index in [1.165, 1.54) is 23.4 Å².